The van der Waals surface area contributed by atoms with Crippen LogP contribution in [0.3, 0.4) is 0 Å². The van der Waals surface area contributed by atoms with E-state index in [-0.39, 0.29) is 56.9 Å². The van der Waals surface area contributed by atoms with E-state index in [2.05, 4.69) is 5.32 Å². The maximum absolute atomic E-state index is 14.6. The number of nitrogens with one attached hydrogen (secondary N) is 1. The van der Waals surface area contributed by atoms with Gasteiger partial charge in [-0.2, -0.15) is 0 Å². The summed E-state index contributed by atoms with van der Waals surface area (Å²) in [5.41, 5.74) is -1.20. The molecule has 14 nitrogen and oxygen atoms in total. The average Bonchev–Trinajstić information content (AvgIpc) is 3.48. The van der Waals surface area contributed by atoms with E-state index in [0.717, 1.165) is 25.3 Å². The predicted molar refractivity (Wildman–Crippen MR) is 228 cm³/mol. The number of methoxy groups -OCH3 is 1. The second-order valence-electron chi connectivity index (χ2n) is 19.4. The number of ether oxygens (including phenoxy) is 5. The summed E-state index contributed by atoms with van der Waals surface area (Å²) in [5, 5.41) is 25.4. The van der Waals surface area contributed by atoms with Gasteiger partial charge in [0.05, 0.1) is 53.4 Å². The smallest absolute Gasteiger partial charge is 0.312 e. The zero-order valence-electron chi connectivity index (χ0n) is 37.6. The highest BCUT2D eigenvalue weighted by atomic mass is 16.7. The van der Waals surface area contributed by atoms with Crippen LogP contribution in [-0.4, -0.2) is 82.7 Å². The van der Waals surface area contributed by atoms with Gasteiger partial charge in [0, 0.05) is 61.8 Å². The molecule has 3 aliphatic heterocycles. The molecule has 4 fully saturated rings. The van der Waals surface area contributed by atoms with Crippen LogP contribution in [0.2, 0.25) is 0 Å². The Hall–Kier alpha value is -4.92. The lowest BCUT2D eigenvalue weighted by molar-refractivity contribution is -0.160. The third-order valence-electron chi connectivity index (χ3n) is 14.7. The topological polar surface area (TPSA) is 201 Å². The van der Waals surface area contributed by atoms with Crippen molar-refractivity contribution in [1.29, 1.82) is 0 Å². The number of fused-ring (bicyclic) bond motifs is 14. The van der Waals surface area contributed by atoms with Gasteiger partial charge in [-0.3, -0.25) is 28.8 Å². The van der Waals surface area contributed by atoms with Gasteiger partial charge in [0.2, 0.25) is 5.78 Å². The fourth-order valence-electron chi connectivity index (χ4n) is 11.7. The summed E-state index contributed by atoms with van der Waals surface area (Å²) >= 11 is 0. The van der Waals surface area contributed by atoms with Crippen LogP contribution in [0.15, 0.2) is 47.9 Å². The molecule has 1 amide bonds. The van der Waals surface area contributed by atoms with Crippen molar-refractivity contribution in [3.05, 3.63) is 70.2 Å². The van der Waals surface area contributed by atoms with Gasteiger partial charge in [0.25, 0.3) is 11.7 Å². The zero-order chi connectivity index (χ0) is 45.9. The Balaban J connectivity index is 1.29. The number of allylic oxidation sites excluding steroid dienone is 4. The fraction of sp³-hybridized carbons (Fsp3) is 0.592. The zero-order valence-corrected chi connectivity index (χ0v) is 37.6. The van der Waals surface area contributed by atoms with Gasteiger partial charge >= 0.3 is 17.7 Å². The Bertz CT molecular complexity index is 2180. The standard InChI is InChI=1S/C49H61NO13/c1-23-11-10-12-24(2)47(58)50-33-18-34(52)37-38(42(33)56)44(62-36(53)22-49-19-30-15-31(20-49)17-32(16-30)21-49)28(6)45-39(37)46(57)48(8,63-45)60-14-13-35(59-9)25(3)43(61-29(7)51)27(5)41(55)26(4)40(23)54/h10-14,18,23,25-27,30-32,35,40-41,43,54-55H,15-17,19-22H2,1-9H3,(H,50,58)/b11-10+,14-13+,24-12-/t23-,25+,26+,27-,30?,31?,32?,35-,40-,41-,43+,48-,49?/m0/s1. The van der Waals surface area contributed by atoms with E-state index in [1.54, 1.807) is 39.8 Å². The molecule has 0 aromatic heterocycles. The van der Waals surface area contributed by atoms with Crippen molar-refractivity contribution in [3.63, 3.8) is 0 Å². The maximum Gasteiger partial charge on any atom is 0.312 e. The third-order valence-corrected chi connectivity index (χ3v) is 14.7. The van der Waals surface area contributed by atoms with Crippen molar-refractivity contribution in [2.24, 2.45) is 46.8 Å². The third kappa shape index (κ3) is 8.70. The van der Waals surface area contributed by atoms with Crippen LogP contribution in [0, 0.1) is 53.8 Å². The Morgan fingerprint density at radius 1 is 0.873 bits per heavy atom. The number of hydrogen-bond donors (Lipinski definition) is 3. The van der Waals surface area contributed by atoms with Crippen molar-refractivity contribution < 1.29 is 62.7 Å². The second-order valence-corrected chi connectivity index (χ2v) is 19.4. The van der Waals surface area contributed by atoms with Gasteiger partial charge in [-0.25, -0.2) is 0 Å². The van der Waals surface area contributed by atoms with Crippen molar-refractivity contribution in [2.45, 2.75) is 131 Å². The minimum absolute atomic E-state index is 0.0923. The number of ketones is 3. The Morgan fingerprint density at radius 2 is 1.51 bits per heavy atom. The molecule has 9 bridgehead atoms. The Morgan fingerprint density at radius 3 is 2.11 bits per heavy atom. The fourth-order valence-corrected chi connectivity index (χ4v) is 11.7. The van der Waals surface area contributed by atoms with Crippen LogP contribution in [0.5, 0.6) is 11.5 Å². The highest BCUT2D eigenvalue weighted by Gasteiger charge is 2.54. The van der Waals surface area contributed by atoms with E-state index < -0.39 is 89.1 Å². The van der Waals surface area contributed by atoms with Crippen molar-refractivity contribution in [3.8, 4) is 11.5 Å². The van der Waals surface area contributed by atoms with Crippen LogP contribution in [0.4, 0.5) is 0 Å². The summed E-state index contributed by atoms with van der Waals surface area (Å²) in [6, 6.07) is 0. The minimum Gasteiger partial charge on any atom is -0.462 e. The van der Waals surface area contributed by atoms with Crippen LogP contribution in [0.1, 0.15) is 130 Å². The van der Waals surface area contributed by atoms with Gasteiger partial charge in [0.15, 0.2) is 5.78 Å². The highest BCUT2D eigenvalue weighted by molar-refractivity contribution is 6.31. The molecule has 9 rings (SSSR count). The number of Topliss-reactive ketones (excluding diaryl/α,β-unsaturated/α-hetero) is 2. The van der Waals surface area contributed by atoms with E-state index >= 15 is 0 Å². The monoisotopic (exact) mass is 871 g/mol. The molecule has 4 saturated carbocycles. The molecule has 5 aliphatic carbocycles. The molecule has 63 heavy (non-hydrogen) atoms. The number of esters is 2. The number of aliphatic hydroxyl groups is 2. The van der Waals surface area contributed by atoms with Gasteiger partial charge in [-0.1, -0.05) is 45.9 Å². The molecule has 340 valence electrons. The quantitative estimate of drug-likeness (QED) is 0.216. The first kappa shape index (κ1) is 46.1. The van der Waals surface area contributed by atoms with E-state index in [4.69, 9.17) is 23.7 Å². The molecule has 0 saturated heterocycles. The lowest BCUT2D eigenvalue weighted by Gasteiger charge is -2.56. The summed E-state index contributed by atoms with van der Waals surface area (Å²) in [7, 11) is 1.44. The molecule has 14 heteroatoms. The molecular formula is C49H61NO13. The first-order valence-electron chi connectivity index (χ1n) is 22.2. The molecule has 0 unspecified atom stereocenters. The van der Waals surface area contributed by atoms with Crippen LogP contribution in [0.25, 0.3) is 0 Å². The Labute approximate surface area is 368 Å². The minimum atomic E-state index is -2.08. The molecule has 1 aromatic carbocycles. The average molecular weight is 872 g/mol. The maximum atomic E-state index is 14.6. The normalized spacial score (nSPS) is 38.4. The number of carbonyl (C=O) groups is 6. The van der Waals surface area contributed by atoms with Gasteiger partial charge in [-0.05, 0) is 81.6 Å². The molecule has 0 radical (unpaired) electrons. The Kier molecular flexibility index (Phi) is 12.9. The molecule has 9 atom stereocenters. The largest absolute Gasteiger partial charge is 0.462 e. The summed E-state index contributed by atoms with van der Waals surface area (Å²) in [6.07, 6.45) is 10.9. The predicted octanol–water partition coefficient (Wildman–Crippen LogP) is 6.44. The van der Waals surface area contributed by atoms with Crippen molar-refractivity contribution >= 4 is 35.2 Å². The second kappa shape index (κ2) is 17.6. The number of amides is 1. The number of benzene rings is 1. The molecule has 0 spiro atoms. The number of carbonyl (C=O) groups excluding carboxylic acids is 6. The summed E-state index contributed by atoms with van der Waals surface area (Å²) in [4.78, 5) is 83.3. The van der Waals surface area contributed by atoms with Crippen LogP contribution >= 0.6 is 0 Å². The molecule has 8 aliphatic rings. The molecule has 3 heterocycles. The molecular weight excluding hydrogens is 811 g/mol. The molecule has 1 aromatic rings. The SMILES string of the molecule is CO[C@H]1/C=C/O[C@@]2(C)Oc3c(C)c(OC(=O)CC45CC6CC(CC(C6)C4)C5)c4c(c3C2=O)C(=O)C=C(NC(=O)/C(C)=C\C=C\[C@H](C)[C@H](O)[C@@H](C)[C@H](O)[C@H](C)[C@H](OC(C)=O)[C@@H]1C)C4=O. The van der Waals surface area contributed by atoms with E-state index in [1.807, 2.05) is 0 Å². The van der Waals surface area contributed by atoms with E-state index in [9.17, 15) is 39.0 Å². The summed E-state index contributed by atoms with van der Waals surface area (Å²) < 4.78 is 30.0. The van der Waals surface area contributed by atoms with E-state index in [0.29, 0.717) is 17.8 Å². The first-order chi connectivity index (χ1) is 29.7. The number of hydrogen-bond acceptors (Lipinski definition) is 13. The van der Waals surface area contributed by atoms with Crippen LogP contribution < -0.4 is 14.8 Å². The lowest BCUT2D eigenvalue weighted by Crippen LogP contribution is -2.47. The van der Waals surface area contributed by atoms with Gasteiger partial charge in [0.1, 0.15) is 17.6 Å². The highest BCUT2D eigenvalue weighted by Crippen LogP contribution is 2.61. The van der Waals surface area contributed by atoms with Gasteiger partial charge < -0.3 is 39.2 Å². The molecule has 3 N–H and O–H groups in total. The van der Waals surface area contributed by atoms with Crippen molar-refractivity contribution in [1.82, 2.24) is 5.32 Å². The van der Waals surface area contributed by atoms with Gasteiger partial charge in [-0.15, -0.1) is 0 Å². The van der Waals surface area contributed by atoms with Crippen molar-refractivity contribution in [2.75, 3.05) is 7.11 Å². The first-order valence-corrected chi connectivity index (χ1v) is 22.2. The van der Waals surface area contributed by atoms with E-state index in [1.165, 1.54) is 72.5 Å². The number of rotatable bonds is 5. The summed E-state index contributed by atoms with van der Waals surface area (Å²) in [6.45, 7) is 12.6. The number of aliphatic hydroxyl groups excluding tert-OH is 2. The lowest BCUT2D eigenvalue weighted by atomic mass is 9.49. The summed E-state index contributed by atoms with van der Waals surface area (Å²) in [5.74, 6) is -7.46. The van der Waals surface area contributed by atoms with Crippen LogP contribution in [-0.2, 0) is 28.6 Å².